The van der Waals surface area contributed by atoms with Gasteiger partial charge in [0.2, 0.25) is 10.0 Å². The fraction of sp³-hybridized carbons (Fsp3) is 0.625. The molecule has 4 rings (SSSR count). The van der Waals surface area contributed by atoms with Crippen LogP contribution in [0.3, 0.4) is 0 Å². The van der Waals surface area contributed by atoms with E-state index in [0.717, 1.165) is 5.56 Å². The lowest BCUT2D eigenvalue weighted by atomic mass is 9.90. The first kappa shape index (κ1) is 16.4. The van der Waals surface area contributed by atoms with Gasteiger partial charge in [-0.05, 0) is 32.9 Å². The van der Waals surface area contributed by atoms with Crippen LogP contribution in [0.5, 0.6) is 0 Å². The van der Waals surface area contributed by atoms with Crippen LogP contribution in [0.1, 0.15) is 19.4 Å². The molecular formula is C16H21NO6S. The molecule has 24 heavy (non-hydrogen) atoms. The van der Waals surface area contributed by atoms with Gasteiger partial charge in [0, 0.05) is 0 Å². The molecule has 0 bridgehead atoms. The summed E-state index contributed by atoms with van der Waals surface area (Å²) in [6.07, 6.45) is -3.72. The topological polar surface area (TPSA) is 96.1 Å². The number of nitrogens with zero attached hydrogens (tertiary/aromatic N) is 1. The molecule has 7 atom stereocenters. The maximum absolute atomic E-state index is 12.9. The summed E-state index contributed by atoms with van der Waals surface area (Å²) >= 11 is 0. The zero-order chi connectivity index (χ0) is 17.4. The summed E-state index contributed by atoms with van der Waals surface area (Å²) in [4.78, 5) is 0.166. The molecule has 0 spiro atoms. The van der Waals surface area contributed by atoms with Gasteiger partial charge in [0.1, 0.15) is 24.4 Å². The fourth-order valence-electron chi connectivity index (χ4n) is 3.83. The van der Waals surface area contributed by atoms with Gasteiger partial charge in [-0.25, -0.2) is 8.42 Å². The van der Waals surface area contributed by atoms with E-state index in [0.29, 0.717) is 0 Å². The number of rotatable bonds is 2. The minimum Gasteiger partial charge on any atom is -0.389 e. The summed E-state index contributed by atoms with van der Waals surface area (Å²) in [5, 5.41) is 20.6. The number of benzene rings is 1. The standard InChI is InChI=1S/C16H21NO6S/c1-8-4-6-9(7-5-8)24(20,21)17-10-11(17)14-15(13(19)12(10)18)23-16(2,3)22-14/h4-7,10-15,18-19H,1-3H3/t10-,11+,12-,13-,14-,15+,17?/m0/s1. The smallest absolute Gasteiger partial charge is 0.243 e. The van der Waals surface area contributed by atoms with Crippen molar-refractivity contribution >= 4 is 10.0 Å². The number of aliphatic hydroxyl groups excluding tert-OH is 2. The predicted molar refractivity (Wildman–Crippen MR) is 83.6 cm³/mol. The van der Waals surface area contributed by atoms with E-state index in [2.05, 4.69) is 0 Å². The van der Waals surface area contributed by atoms with E-state index in [-0.39, 0.29) is 4.90 Å². The number of fused-ring (bicyclic) bond motifs is 3. The van der Waals surface area contributed by atoms with E-state index in [9.17, 15) is 18.6 Å². The number of hydrogen-bond donors (Lipinski definition) is 2. The van der Waals surface area contributed by atoms with Crippen LogP contribution >= 0.6 is 0 Å². The summed E-state index contributed by atoms with van der Waals surface area (Å²) < 4.78 is 38.5. The van der Waals surface area contributed by atoms with E-state index in [1.165, 1.54) is 4.31 Å². The molecule has 0 amide bonds. The van der Waals surface area contributed by atoms with Crippen molar-refractivity contribution in [2.24, 2.45) is 0 Å². The molecule has 1 aliphatic carbocycles. The van der Waals surface area contributed by atoms with Crippen LogP contribution in [-0.2, 0) is 19.5 Å². The molecule has 2 saturated heterocycles. The van der Waals surface area contributed by atoms with Gasteiger partial charge in [-0.1, -0.05) is 17.7 Å². The molecule has 1 saturated carbocycles. The monoisotopic (exact) mass is 355 g/mol. The molecular weight excluding hydrogens is 334 g/mol. The molecule has 2 aliphatic heterocycles. The third-order valence-electron chi connectivity index (χ3n) is 4.98. The lowest BCUT2D eigenvalue weighted by Gasteiger charge is -2.29. The molecule has 2 heterocycles. The average molecular weight is 355 g/mol. The second-order valence-corrected chi connectivity index (χ2v) is 9.02. The second-order valence-electron chi connectivity index (χ2n) is 7.18. The highest BCUT2D eigenvalue weighted by Crippen LogP contribution is 2.50. The lowest BCUT2D eigenvalue weighted by molar-refractivity contribution is -0.160. The van der Waals surface area contributed by atoms with E-state index >= 15 is 0 Å². The summed E-state index contributed by atoms with van der Waals surface area (Å²) in [5.41, 5.74) is 0.960. The van der Waals surface area contributed by atoms with Crippen LogP contribution in [0.15, 0.2) is 29.2 Å². The maximum Gasteiger partial charge on any atom is 0.243 e. The molecule has 0 radical (unpaired) electrons. The van der Waals surface area contributed by atoms with Gasteiger partial charge in [0.15, 0.2) is 5.79 Å². The molecule has 3 aliphatic rings. The van der Waals surface area contributed by atoms with Crippen LogP contribution in [0.2, 0.25) is 0 Å². The van der Waals surface area contributed by atoms with Crippen molar-refractivity contribution in [3.63, 3.8) is 0 Å². The average Bonchev–Trinajstić information content (AvgIpc) is 3.17. The number of hydrogen-bond acceptors (Lipinski definition) is 6. The Morgan fingerprint density at radius 1 is 1.00 bits per heavy atom. The first-order valence-corrected chi connectivity index (χ1v) is 9.39. The SMILES string of the molecule is Cc1ccc(S(=O)(=O)N2[C@@H]3[C@H](O)[C@H](O)[C@H]4OC(C)(C)O[C@H]4[C@@H]32)cc1. The molecule has 1 aromatic carbocycles. The Balaban J connectivity index is 1.68. The summed E-state index contributed by atoms with van der Waals surface area (Å²) in [7, 11) is -3.77. The van der Waals surface area contributed by atoms with Gasteiger partial charge in [0.25, 0.3) is 0 Å². The minimum absolute atomic E-state index is 0.166. The minimum atomic E-state index is -3.77. The first-order chi connectivity index (χ1) is 11.1. The molecule has 1 unspecified atom stereocenters. The summed E-state index contributed by atoms with van der Waals surface area (Å²) in [5.74, 6) is -0.924. The number of sulfonamides is 1. The number of aryl methyl sites for hydroxylation is 1. The van der Waals surface area contributed by atoms with Crippen molar-refractivity contribution in [3.8, 4) is 0 Å². The van der Waals surface area contributed by atoms with Crippen LogP contribution in [0, 0.1) is 6.92 Å². The van der Waals surface area contributed by atoms with Gasteiger partial charge >= 0.3 is 0 Å². The van der Waals surface area contributed by atoms with Crippen LogP contribution in [-0.4, -0.2) is 65.2 Å². The molecule has 132 valence electrons. The quantitative estimate of drug-likeness (QED) is 0.725. The maximum atomic E-state index is 12.9. The molecule has 0 aromatic heterocycles. The van der Waals surface area contributed by atoms with Crippen molar-refractivity contribution in [2.45, 2.75) is 68.0 Å². The van der Waals surface area contributed by atoms with Gasteiger partial charge in [-0.15, -0.1) is 0 Å². The molecule has 1 aromatic rings. The van der Waals surface area contributed by atoms with E-state index in [1.54, 1.807) is 38.1 Å². The van der Waals surface area contributed by atoms with Crippen molar-refractivity contribution in [1.29, 1.82) is 0 Å². The van der Waals surface area contributed by atoms with Gasteiger partial charge in [-0.3, -0.25) is 0 Å². The zero-order valence-corrected chi connectivity index (χ0v) is 14.5. The summed E-state index contributed by atoms with van der Waals surface area (Å²) in [6, 6.07) is 5.33. The third kappa shape index (κ3) is 2.25. The van der Waals surface area contributed by atoms with Gasteiger partial charge < -0.3 is 19.7 Å². The second kappa shape index (κ2) is 5.00. The summed E-state index contributed by atoms with van der Waals surface area (Å²) in [6.45, 7) is 5.30. The first-order valence-electron chi connectivity index (χ1n) is 7.95. The Morgan fingerprint density at radius 3 is 2.21 bits per heavy atom. The van der Waals surface area contributed by atoms with Crippen LogP contribution < -0.4 is 0 Å². The normalized spacial score (nSPS) is 43.1. The van der Waals surface area contributed by atoms with Crippen molar-refractivity contribution in [3.05, 3.63) is 29.8 Å². The van der Waals surface area contributed by atoms with Crippen molar-refractivity contribution in [1.82, 2.24) is 4.31 Å². The predicted octanol–water partition coefficient (Wildman–Crippen LogP) is -0.00798. The lowest BCUT2D eigenvalue weighted by Crippen LogP contribution is -2.52. The Morgan fingerprint density at radius 2 is 1.58 bits per heavy atom. The highest BCUT2D eigenvalue weighted by Gasteiger charge is 2.72. The van der Waals surface area contributed by atoms with E-state index in [4.69, 9.17) is 9.47 Å². The Hall–Kier alpha value is -1.03. The van der Waals surface area contributed by atoms with Gasteiger partial charge in [0.05, 0.1) is 17.0 Å². The fourth-order valence-corrected chi connectivity index (χ4v) is 5.64. The van der Waals surface area contributed by atoms with Crippen LogP contribution in [0.25, 0.3) is 0 Å². The van der Waals surface area contributed by atoms with Crippen LogP contribution in [0.4, 0.5) is 0 Å². The van der Waals surface area contributed by atoms with E-state index < -0.39 is 52.3 Å². The zero-order valence-electron chi connectivity index (χ0n) is 13.7. The van der Waals surface area contributed by atoms with E-state index in [1.807, 2.05) is 6.92 Å². The third-order valence-corrected chi connectivity index (χ3v) is 6.89. The molecule has 8 heteroatoms. The van der Waals surface area contributed by atoms with Crippen molar-refractivity contribution < 1.29 is 28.1 Å². The van der Waals surface area contributed by atoms with Gasteiger partial charge in [-0.2, -0.15) is 4.31 Å². The Labute approximate surface area is 140 Å². The van der Waals surface area contributed by atoms with Crippen molar-refractivity contribution in [2.75, 3.05) is 0 Å². The highest BCUT2D eigenvalue weighted by molar-refractivity contribution is 7.89. The highest BCUT2D eigenvalue weighted by atomic mass is 32.2. The largest absolute Gasteiger partial charge is 0.389 e. The Bertz CT molecular complexity index is 761. The molecule has 3 fully saturated rings. The molecule has 2 N–H and O–H groups in total. The Kier molecular flexibility index (Phi) is 3.42. The molecule has 7 nitrogen and oxygen atoms in total. The number of ether oxygens (including phenoxy) is 2. The number of aliphatic hydroxyl groups is 2.